The van der Waals surface area contributed by atoms with Crippen molar-refractivity contribution in [3.63, 3.8) is 0 Å². The average molecular weight is 502 g/mol. The Balaban J connectivity index is 1.64. The number of fused-ring (bicyclic) bond motifs is 1. The van der Waals surface area contributed by atoms with Crippen LogP contribution in [-0.4, -0.2) is 80.6 Å². The van der Waals surface area contributed by atoms with E-state index >= 15 is 0 Å². The van der Waals surface area contributed by atoms with Gasteiger partial charge in [-0.3, -0.25) is 14.6 Å². The summed E-state index contributed by atoms with van der Waals surface area (Å²) in [5.74, 6) is -0.484. The SMILES string of the molecule is C[C@@H]1CN([C@H](C)CO)C(=O)c2cc(/C=C/c3ccccc3)cnc2O[C@H]1CN(C)C(=O)c1cnccn1. The van der Waals surface area contributed by atoms with Crippen molar-refractivity contribution in [3.05, 3.63) is 83.6 Å². The van der Waals surface area contributed by atoms with Gasteiger partial charge in [0.25, 0.3) is 11.8 Å². The summed E-state index contributed by atoms with van der Waals surface area (Å²) in [5.41, 5.74) is 2.33. The Morgan fingerprint density at radius 2 is 1.95 bits per heavy atom. The van der Waals surface area contributed by atoms with Crippen LogP contribution >= 0.6 is 0 Å². The summed E-state index contributed by atoms with van der Waals surface area (Å²) >= 11 is 0. The van der Waals surface area contributed by atoms with Crippen molar-refractivity contribution in [3.8, 4) is 5.88 Å². The number of rotatable bonds is 7. The number of carbonyl (C=O) groups is 2. The average Bonchev–Trinajstić information content (AvgIpc) is 2.94. The molecule has 3 heterocycles. The molecule has 1 aliphatic rings. The minimum absolute atomic E-state index is 0.150. The third-order valence-electron chi connectivity index (χ3n) is 6.39. The molecule has 4 rings (SSSR count). The van der Waals surface area contributed by atoms with E-state index in [9.17, 15) is 14.7 Å². The van der Waals surface area contributed by atoms with Crippen molar-refractivity contribution in [1.29, 1.82) is 0 Å². The molecule has 1 aliphatic heterocycles. The summed E-state index contributed by atoms with van der Waals surface area (Å²) in [6.07, 6.45) is 9.45. The van der Waals surface area contributed by atoms with Crippen LogP contribution in [-0.2, 0) is 0 Å². The molecule has 3 aromatic rings. The fourth-order valence-electron chi connectivity index (χ4n) is 4.14. The van der Waals surface area contributed by atoms with E-state index in [0.717, 1.165) is 11.1 Å². The van der Waals surface area contributed by atoms with E-state index in [0.29, 0.717) is 12.1 Å². The fourth-order valence-corrected chi connectivity index (χ4v) is 4.14. The molecule has 2 amide bonds. The first-order valence-corrected chi connectivity index (χ1v) is 12.2. The maximum atomic E-state index is 13.6. The van der Waals surface area contributed by atoms with Crippen LogP contribution < -0.4 is 4.74 Å². The van der Waals surface area contributed by atoms with Crippen LogP contribution in [0.5, 0.6) is 5.88 Å². The van der Waals surface area contributed by atoms with Crippen molar-refractivity contribution < 1.29 is 19.4 Å². The quantitative estimate of drug-likeness (QED) is 0.530. The monoisotopic (exact) mass is 501 g/mol. The van der Waals surface area contributed by atoms with Gasteiger partial charge in [0.05, 0.1) is 25.4 Å². The molecular formula is C28H31N5O4. The topological polar surface area (TPSA) is 109 Å². The molecule has 0 unspecified atom stereocenters. The van der Waals surface area contributed by atoms with Gasteiger partial charge in [-0.15, -0.1) is 0 Å². The van der Waals surface area contributed by atoms with Gasteiger partial charge in [-0.1, -0.05) is 49.4 Å². The predicted molar refractivity (Wildman–Crippen MR) is 140 cm³/mol. The number of nitrogens with zero attached hydrogens (tertiary/aromatic N) is 5. The number of carbonyl (C=O) groups excluding carboxylic acids is 2. The third-order valence-corrected chi connectivity index (χ3v) is 6.39. The zero-order chi connectivity index (χ0) is 26.4. The lowest BCUT2D eigenvalue weighted by atomic mass is 9.99. The summed E-state index contributed by atoms with van der Waals surface area (Å²) in [4.78, 5) is 42.2. The molecule has 0 radical (unpaired) electrons. The molecule has 0 spiro atoms. The number of aliphatic hydroxyl groups is 1. The largest absolute Gasteiger partial charge is 0.472 e. The van der Waals surface area contributed by atoms with E-state index in [2.05, 4.69) is 15.0 Å². The number of hydrogen-bond acceptors (Lipinski definition) is 7. The predicted octanol–water partition coefficient (Wildman–Crippen LogP) is 3.03. The van der Waals surface area contributed by atoms with Crippen molar-refractivity contribution in [2.24, 2.45) is 5.92 Å². The highest BCUT2D eigenvalue weighted by molar-refractivity contribution is 5.97. The van der Waals surface area contributed by atoms with Gasteiger partial charge in [0.1, 0.15) is 17.4 Å². The summed E-state index contributed by atoms with van der Waals surface area (Å²) in [6.45, 7) is 4.19. The van der Waals surface area contributed by atoms with Gasteiger partial charge in [-0.2, -0.15) is 0 Å². The first-order valence-electron chi connectivity index (χ1n) is 12.2. The standard InChI is InChI=1S/C28H31N5O4/c1-19-16-33(20(2)18-34)27(35)23-13-22(10-9-21-7-5-4-6-8-21)14-31-26(23)37-25(19)17-32(3)28(36)24-15-29-11-12-30-24/h4-15,19-20,25,34H,16-18H2,1-3H3/b10-9+/t19-,20-,25+/m1/s1. The minimum Gasteiger partial charge on any atom is -0.472 e. The molecule has 9 nitrogen and oxygen atoms in total. The number of likely N-dealkylation sites (N-methyl/N-ethyl adjacent to an activating group) is 1. The molecule has 9 heteroatoms. The number of pyridine rings is 1. The Kier molecular flexibility index (Phi) is 8.25. The van der Waals surface area contributed by atoms with Gasteiger partial charge < -0.3 is 19.6 Å². The number of hydrogen-bond donors (Lipinski definition) is 1. The Bertz CT molecular complexity index is 1250. The second-order valence-electron chi connectivity index (χ2n) is 9.26. The zero-order valence-corrected chi connectivity index (χ0v) is 21.2. The smallest absolute Gasteiger partial charge is 0.273 e. The summed E-state index contributed by atoms with van der Waals surface area (Å²) < 4.78 is 6.28. The maximum absolute atomic E-state index is 13.6. The highest BCUT2D eigenvalue weighted by Gasteiger charge is 2.34. The van der Waals surface area contributed by atoms with Crippen molar-refractivity contribution in [2.75, 3.05) is 26.7 Å². The van der Waals surface area contributed by atoms with Gasteiger partial charge in [-0.05, 0) is 24.1 Å². The number of ether oxygens (including phenoxy) is 1. The molecule has 3 atom stereocenters. The Hall–Kier alpha value is -4.11. The van der Waals surface area contributed by atoms with E-state index in [4.69, 9.17) is 4.74 Å². The second kappa shape index (κ2) is 11.7. The van der Waals surface area contributed by atoms with Crippen LogP contribution in [0, 0.1) is 5.92 Å². The number of amides is 2. The second-order valence-corrected chi connectivity index (χ2v) is 9.26. The lowest BCUT2D eigenvalue weighted by Crippen LogP contribution is -2.50. The number of aromatic nitrogens is 3. The Labute approximate surface area is 216 Å². The van der Waals surface area contributed by atoms with Crippen LogP contribution in [0.3, 0.4) is 0 Å². The molecule has 1 aromatic carbocycles. The highest BCUT2D eigenvalue weighted by atomic mass is 16.5. The van der Waals surface area contributed by atoms with Crippen LogP contribution in [0.4, 0.5) is 0 Å². The lowest BCUT2D eigenvalue weighted by molar-refractivity contribution is 0.0312. The van der Waals surface area contributed by atoms with Crippen LogP contribution in [0.1, 0.15) is 45.8 Å². The number of aliphatic hydroxyl groups excluding tert-OH is 1. The van der Waals surface area contributed by atoms with Crippen LogP contribution in [0.15, 0.2) is 61.2 Å². The number of benzene rings is 1. The first kappa shape index (κ1) is 26.0. The maximum Gasteiger partial charge on any atom is 0.273 e. The van der Waals surface area contributed by atoms with Crippen LogP contribution in [0.25, 0.3) is 12.2 Å². The van der Waals surface area contributed by atoms with Crippen molar-refractivity contribution in [1.82, 2.24) is 24.8 Å². The van der Waals surface area contributed by atoms with Gasteiger partial charge >= 0.3 is 0 Å². The molecule has 0 saturated carbocycles. The minimum atomic E-state index is -0.455. The molecule has 0 aliphatic carbocycles. The Morgan fingerprint density at radius 3 is 2.65 bits per heavy atom. The summed E-state index contributed by atoms with van der Waals surface area (Å²) in [7, 11) is 1.68. The summed E-state index contributed by atoms with van der Waals surface area (Å²) in [5, 5.41) is 9.86. The lowest BCUT2D eigenvalue weighted by Gasteiger charge is -2.37. The van der Waals surface area contributed by atoms with E-state index in [1.807, 2.05) is 49.4 Å². The van der Waals surface area contributed by atoms with Gasteiger partial charge in [-0.25, -0.2) is 9.97 Å². The normalized spacial score (nSPS) is 18.5. The third kappa shape index (κ3) is 6.18. The van der Waals surface area contributed by atoms with E-state index in [1.54, 1.807) is 31.1 Å². The van der Waals surface area contributed by atoms with Crippen LogP contribution in [0.2, 0.25) is 0 Å². The molecule has 192 valence electrons. The molecule has 1 N–H and O–H groups in total. The van der Waals surface area contributed by atoms with Gasteiger partial charge in [0.2, 0.25) is 5.88 Å². The van der Waals surface area contributed by atoms with Gasteiger partial charge in [0.15, 0.2) is 0 Å². The van der Waals surface area contributed by atoms with Crippen molar-refractivity contribution >= 4 is 24.0 Å². The van der Waals surface area contributed by atoms with E-state index < -0.39 is 12.1 Å². The van der Waals surface area contributed by atoms with E-state index in [-0.39, 0.29) is 42.5 Å². The molecular weight excluding hydrogens is 470 g/mol. The fraction of sp³-hybridized carbons (Fsp3) is 0.321. The molecule has 0 fully saturated rings. The molecule has 37 heavy (non-hydrogen) atoms. The Morgan fingerprint density at radius 1 is 1.19 bits per heavy atom. The zero-order valence-electron chi connectivity index (χ0n) is 21.2. The molecule has 0 bridgehead atoms. The summed E-state index contributed by atoms with van der Waals surface area (Å²) in [6, 6.07) is 11.2. The molecule has 2 aromatic heterocycles. The van der Waals surface area contributed by atoms with Gasteiger partial charge in [0, 0.05) is 38.1 Å². The van der Waals surface area contributed by atoms with Crippen molar-refractivity contribution in [2.45, 2.75) is 26.0 Å². The molecule has 0 saturated heterocycles. The van der Waals surface area contributed by atoms with E-state index in [1.165, 1.54) is 23.5 Å². The highest BCUT2D eigenvalue weighted by Crippen LogP contribution is 2.28. The first-order chi connectivity index (χ1) is 17.9.